The Labute approximate surface area is 121 Å². The van der Waals surface area contributed by atoms with Crippen molar-refractivity contribution in [3.8, 4) is 0 Å². The lowest BCUT2D eigenvalue weighted by Gasteiger charge is -2.05. The van der Waals surface area contributed by atoms with Gasteiger partial charge in [-0.1, -0.05) is 30.3 Å². The normalized spacial score (nSPS) is 10.3. The first kappa shape index (κ1) is 14.7. The van der Waals surface area contributed by atoms with Crippen LogP contribution in [0.1, 0.15) is 22.5 Å². The summed E-state index contributed by atoms with van der Waals surface area (Å²) in [5.41, 5.74) is 0.718. The molecule has 0 fully saturated rings. The van der Waals surface area contributed by atoms with Gasteiger partial charge in [-0.2, -0.15) is 5.10 Å². The molecule has 1 aromatic carbocycles. The van der Waals surface area contributed by atoms with Crippen LogP contribution < -0.4 is 0 Å². The van der Waals surface area contributed by atoms with Crippen LogP contribution in [-0.4, -0.2) is 27.8 Å². The number of benzene rings is 1. The van der Waals surface area contributed by atoms with Crippen molar-refractivity contribution in [2.24, 2.45) is 0 Å². The van der Waals surface area contributed by atoms with Crippen LogP contribution in [0, 0.1) is 10.1 Å². The first-order chi connectivity index (χ1) is 10.1. The number of carbonyl (C=O) groups is 1. The van der Waals surface area contributed by atoms with Gasteiger partial charge < -0.3 is 4.74 Å². The molecule has 110 valence electrons. The summed E-state index contributed by atoms with van der Waals surface area (Å²) in [4.78, 5) is 21.9. The minimum absolute atomic E-state index is 0.115. The van der Waals surface area contributed by atoms with Gasteiger partial charge in [-0.3, -0.25) is 14.8 Å². The molecule has 0 bridgehead atoms. The van der Waals surface area contributed by atoms with E-state index < -0.39 is 10.9 Å². The summed E-state index contributed by atoms with van der Waals surface area (Å²) in [6, 6.07) is 9.86. The summed E-state index contributed by atoms with van der Waals surface area (Å²) in [6.45, 7) is 0.410. The number of aryl methyl sites for hydroxylation is 2. The average Bonchev–Trinajstić information content (AvgIpc) is 2.92. The van der Waals surface area contributed by atoms with E-state index in [1.54, 1.807) is 0 Å². The largest absolute Gasteiger partial charge is 0.464 e. The van der Waals surface area contributed by atoms with Crippen LogP contribution >= 0.6 is 0 Å². The molecule has 21 heavy (non-hydrogen) atoms. The molecule has 0 saturated heterocycles. The minimum atomic E-state index is -0.751. The van der Waals surface area contributed by atoms with E-state index in [0.717, 1.165) is 12.6 Å². The van der Waals surface area contributed by atoms with Crippen LogP contribution in [0.4, 0.5) is 5.69 Å². The highest BCUT2D eigenvalue weighted by molar-refractivity contribution is 5.91. The topological polar surface area (TPSA) is 87.3 Å². The highest BCUT2D eigenvalue weighted by atomic mass is 16.6. The van der Waals surface area contributed by atoms with Crippen molar-refractivity contribution in [3.63, 3.8) is 0 Å². The zero-order valence-electron chi connectivity index (χ0n) is 11.6. The molecule has 0 spiro atoms. The highest BCUT2D eigenvalue weighted by Crippen LogP contribution is 2.19. The molecule has 1 heterocycles. The zero-order valence-corrected chi connectivity index (χ0v) is 11.6. The SMILES string of the molecule is COC(=O)c1c([N+](=O)[O-])cnn1CCCc1ccccc1. The number of hydrogen-bond donors (Lipinski definition) is 0. The number of esters is 1. The molecule has 7 heteroatoms. The zero-order chi connectivity index (χ0) is 15.2. The Morgan fingerprint density at radius 2 is 2.10 bits per heavy atom. The second-order valence-electron chi connectivity index (χ2n) is 4.44. The first-order valence-electron chi connectivity index (χ1n) is 6.46. The maximum atomic E-state index is 11.7. The van der Waals surface area contributed by atoms with Crippen molar-refractivity contribution in [1.29, 1.82) is 0 Å². The summed E-state index contributed by atoms with van der Waals surface area (Å²) in [7, 11) is 1.19. The molecule has 0 saturated carbocycles. The lowest BCUT2D eigenvalue weighted by Crippen LogP contribution is -2.14. The van der Waals surface area contributed by atoms with E-state index in [0.29, 0.717) is 13.0 Å². The Kier molecular flexibility index (Phi) is 4.65. The smallest absolute Gasteiger partial charge is 0.363 e. The van der Waals surface area contributed by atoms with Gasteiger partial charge in [-0.25, -0.2) is 4.79 Å². The van der Waals surface area contributed by atoms with Gasteiger partial charge in [-0.15, -0.1) is 0 Å². The van der Waals surface area contributed by atoms with E-state index in [-0.39, 0.29) is 11.4 Å². The monoisotopic (exact) mass is 289 g/mol. The lowest BCUT2D eigenvalue weighted by atomic mass is 10.1. The van der Waals surface area contributed by atoms with Crippen LogP contribution in [0.5, 0.6) is 0 Å². The van der Waals surface area contributed by atoms with Crippen molar-refractivity contribution < 1.29 is 14.5 Å². The molecule has 0 amide bonds. The molecule has 0 aliphatic heterocycles. The van der Waals surface area contributed by atoms with Gasteiger partial charge in [0.15, 0.2) is 0 Å². The van der Waals surface area contributed by atoms with Crippen LogP contribution in [0.3, 0.4) is 0 Å². The van der Waals surface area contributed by atoms with Crippen molar-refractivity contribution in [2.75, 3.05) is 7.11 Å². The molecule has 7 nitrogen and oxygen atoms in total. The molecule has 0 atom stereocenters. The van der Waals surface area contributed by atoms with E-state index in [2.05, 4.69) is 9.84 Å². The van der Waals surface area contributed by atoms with Crippen molar-refractivity contribution >= 4 is 11.7 Å². The van der Waals surface area contributed by atoms with Gasteiger partial charge in [0.05, 0.1) is 12.0 Å². The molecule has 2 aromatic rings. The van der Waals surface area contributed by atoms with Gasteiger partial charge >= 0.3 is 11.7 Å². The number of aromatic nitrogens is 2. The lowest BCUT2D eigenvalue weighted by molar-refractivity contribution is -0.385. The van der Waals surface area contributed by atoms with E-state index in [9.17, 15) is 14.9 Å². The Morgan fingerprint density at radius 3 is 2.71 bits per heavy atom. The fourth-order valence-corrected chi connectivity index (χ4v) is 2.06. The molecule has 1 aromatic heterocycles. The Morgan fingerprint density at radius 1 is 1.38 bits per heavy atom. The van der Waals surface area contributed by atoms with Crippen molar-refractivity contribution in [3.05, 3.63) is 57.9 Å². The van der Waals surface area contributed by atoms with Crippen molar-refractivity contribution in [1.82, 2.24) is 9.78 Å². The second kappa shape index (κ2) is 6.65. The van der Waals surface area contributed by atoms with Crippen molar-refractivity contribution in [2.45, 2.75) is 19.4 Å². The fourth-order valence-electron chi connectivity index (χ4n) is 2.06. The molecular formula is C14H15N3O4. The van der Waals surface area contributed by atoms with Gasteiger partial charge in [-0.05, 0) is 18.4 Å². The number of carbonyl (C=O) groups excluding carboxylic acids is 1. The third kappa shape index (κ3) is 3.44. The quantitative estimate of drug-likeness (QED) is 0.462. The second-order valence-corrected chi connectivity index (χ2v) is 4.44. The van der Waals surface area contributed by atoms with Gasteiger partial charge in [0.25, 0.3) is 0 Å². The number of ether oxygens (including phenoxy) is 1. The summed E-state index contributed by atoms with van der Waals surface area (Å²) in [6.07, 6.45) is 2.59. The van der Waals surface area contributed by atoms with Crippen LogP contribution in [0.15, 0.2) is 36.5 Å². The van der Waals surface area contributed by atoms with Gasteiger partial charge in [0.2, 0.25) is 5.69 Å². The Hall–Kier alpha value is -2.70. The first-order valence-corrected chi connectivity index (χ1v) is 6.46. The summed E-state index contributed by atoms with van der Waals surface area (Å²) in [5.74, 6) is -0.751. The maximum Gasteiger partial charge on any atom is 0.363 e. The number of nitrogens with zero attached hydrogens (tertiary/aromatic N) is 3. The molecule has 0 aliphatic rings. The van der Waals surface area contributed by atoms with Crippen LogP contribution in [0.25, 0.3) is 0 Å². The average molecular weight is 289 g/mol. The van der Waals surface area contributed by atoms with Crippen LogP contribution in [-0.2, 0) is 17.7 Å². The summed E-state index contributed by atoms with van der Waals surface area (Å²) >= 11 is 0. The number of hydrogen-bond acceptors (Lipinski definition) is 5. The molecular weight excluding hydrogens is 274 g/mol. The van der Waals surface area contributed by atoms with E-state index in [1.165, 1.54) is 17.4 Å². The Balaban J connectivity index is 2.09. The summed E-state index contributed by atoms with van der Waals surface area (Å²) in [5, 5.41) is 14.8. The predicted molar refractivity (Wildman–Crippen MR) is 75.0 cm³/mol. The predicted octanol–water partition coefficient (Wildman–Crippen LogP) is 2.21. The Bertz CT molecular complexity index is 637. The number of methoxy groups -OCH3 is 1. The standard InChI is InChI=1S/C14H15N3O4/c1-21-14(18)13-12(17(19)20)10-15-16(13)9-5-8-11-6-3-2-4-7-11/h2-4,6-7,10H,5,8-9H2,1H3. The summed E-state index contributed by atoms with van der Waals surface area (Å²) < 4.78 is 5.91. The minimum Gasteiger partial charge on any atom is -0.464 e. The van der Waals surface area contributed by atoms with E-state index >= 15 is 0 Å². The van der Waals surface area contributed by atoms with E-state index in [1.807, 2.05) is 30.3 Å². The van der Waals surface area contributed by atoms with Gasteiger partial charge in [0, 0.05) is 6.54 Å². The third-order valence-corrected chi connectivity index (χ3v) is 3.07. The molecule has 0 N–H and O–H groups in total. The van der Waals surface area contributed by atoms with Crippen LogP contribution in [0.2, 0.25) is 0 Å². The number of rotatable bonds is 6. The third-order valence-electron chi connectivity index (χ3n) is 3.07. The molecule has 2 rings (SSSR count). The fraction of sp³-hybridized carbons (Fsp3) is 0.286. The maximum absolute atomic E-state index is 11.7. The van der Waals surface area contributed by atoms with E-state index in [4.69, 9.17) is 0 Å². The highest BCUT2D eigenvalue weighted by Gasteiger charge is 2.27. The molecule has 0 radical (unpaired) electrons. The molecule has 0 unspecified atom stereocenters. The van der Waals surface area contributed by atoms with Gasteiger partial charge in [0.1, 0.15) is 6.20 Å². The molecule has 0 aliphatic carbocycles. The number of nitro groups is 1.